The average Bonchev–Trinajstić information content (AvgIpc) is 2.23. The van der Waals surface area contributed by atoms with Gasteiger partial charge in [-0.1, -0.05) is 0 Å². The SMILES string of the molecule is C[C@@H]1CN(CCCCC(C)(N)C(=O)O)C[C@H](C)O1. The fourth-order valence-electron chi connectivity index (χ4n) is 2.40. The molecule has 5 nitrogen and oxygen atoms in total. The van der Waals surface area contributed by atoms with Gasteiger partial charge in [-0.3, -0.25) is 9.69 Å². The second-order valence-corrected chi connectivity index (χ2v) is 5.70. The van der Waals surface area contributed by atoms with Gasteiger partial charge in [0.05, 0.1) is 12.2 Å². The summed E-state index contributed by atoms with van der Waals surface area (Å²) in [4.78, 5) is 13.2. The van der Waals surface area contributed by atoms with E-state index in [-0.39, 0.29) is 12.2 Å². The third-order valence-corrected chi connectivity index (χ3v) is 3.40. The number of morpholine rings is 1. The van der Waals surface area contributed by atoms with Gasteiger partial charge in [0.2, 0.25) is 0 Å². The van der Waals surface area contributed by atoms with Crippen LogP contribution in [0.15, 0.2) is 0 Å². The van der Waals surface area contributed by atoms with Crippen LogP contribution in [0.4, 0.5) is 0 Å². The van der Waals surface area contributed by atoms with Crippen LogP contribution in [0.3, 0.4) is 0 Å². The third-order valence-electron chi connectivity index (χ3n) is 3.40. The molecule has 1 unspecified atom stereocenters. The quantitative estimate of drug-likeness (QED) is 0.697. The number of rotatable bonds is 6. The van der Waals surface area contributed by atoms with Gasteiger partial charge in [-0.05, 0) is 46.6 Å². The van der Waals surface area contributed by atoms with Crippen molar-refractivity contribution < 1.29 is 14.6 Å². The van der Waals surface area contributed by atoms with Gasteiger partial charge in [-0.2, -0.15) is 0 Å². The Hall–Kier alpha value is -0.650. The van der Waals surface area contributed by atoms with E-state index in [4.69, 9.17) is 15.6 Å². The first-order valence-electron chi connectivity index (χ1n) is 6.71. The fourth-order valence-corrected chi connectivity index (χ4v) is 2.40. The second kappa shape index (κ2) is 6.50. The summed E-state index contributed by atoms with van der Waals surface area (Å²) in [5.74, 6) is -0.920. The summed E-state index contributed by atoms with van der Waals surface area (Å²) in [6.07, 6.45) is 2.93. The van der Waals surface area contributed by atoms with Crippen molar-refractivity contribution in [2.75, 3.05) is 19.6 Å². The van der Waals surface area contributed by atoms with Crippen molar-refractivity contribution in [1.29, 1.82) is 0 Å². The number of nitrogens with two attached hydrogens (primary N) is 1. The molecule has 0 radical (unpaired) electrons. The van der Waals surface area contributed by atoms with Gasteiger partial charge in [-0.15, -0.1) is 0 Å². The Morgan fingerprint density at radius 2 is 1.94 bits per heavy atom. The minimum absolute atomic E-state index is 0.285. The molecule has 1 saturated heterocycles. The number of hydrogen-bond acceptors (Lipinski definition) is 4. The third kappa shape index (κ3) is 4.92. The number of unbranched alkanes of at least 4 members (excludes halogenated alkanes) is 1. The minimum atomic E-state index is -1.09. The molecule has 3 atom stereocenters. The fraction of sp³-hybridized carbons (Fsp3) is 0.923. The van der Waals surface area contributed by atoms with Gasteiger partial charge < -0.3 is 15.6 Å². The molecule has 3 N–H and O–H groups in total. The van der Waals surface area contributed by atoms with Crippen molar-refractivity contribution in [2.45, 2.75) is 57.8 Å². The molecule has 18 heavy (non-hydrogen) atoms. The van der Waals surface area contributed by atoms with Crippen molar-refractivity contribution in [1.82, 2.24) is 4.90 Å². The van der Waals surface area contributed by atoms with E-state index in [1.807, 2.05) is 0 Å². The maximum absolute atomic E-state index is 10.9. The Labute approximate surface area is 109 Å². The number of carboxylic acid groups (broad SMARTS) is 1. The highest BCUT2D eigenvalue weighted by Gasteiger charge is 2.27. The van der Waals surface area contributed by atoms with E-state index in [0.29, 0.717) is 6.42 Å². The van der Waals surface area contributed by atoms with Crippen LogP contribution < -0.4 is 5.73 Å². The summed E-state index contributed by atoms with van der Waals surface area (Å²) >= 11 is 0. The summed E-state index contributed by atoms with van der Waals surface area (Å²) in [5, 5.41) is 8.91. The molecule has 1 heterocycles. The van der Waals surface area contributed by atoms with Crippen LogP contribution in [0.1, 0.15) is 40.0 Å². The molecule has 0 aromatic heterocycles. The zero-order valence-electron chi connectivity index (χ0n) is 11.7. The van der Waals surface area contributed by atoms with Crippen LogP contribution in [0.25, 0.3) is 0 Å². The molecular formula is C13H26N2O3. The molecular weight excluding hydrogens is 232 g/mol. The van der Waals surface area contributed by atoms with E-state index in [1.165, 1.54) is 0 Å². The number of aliphatic carboxylic acids is 1. The molecule has 106 valence electrons. The Kier molecular flexibility index (Phi) is 5.56. The van der Waals surface area contributed by atoms with E-state index < -0.39 is 11.5 Å². The van der Waals surface area contributed by atoms with Gasteiger partial charge in [0, 0.05) is 13.1 Å². The van der Waals surface area contributed by atoms with Crippen LogP contribution in [0, 0.1) is 0 Å². The molecule has 1 aliphatic heterocycles. The second-order valence-electron chi connectivity index (χ2n) is 5.70. The zero-order valence-corrected chi connectivity index (χ0v) is 11.7. The summed E-state index contributed by atoms with van der Waals surface area (Å²) in [6, 6.07) is 0. The zero-order chi connectivity index (χ0) is 13.8. The molecule has 5 heteroatoms. The molecule has 0 aromatic rings. The summed E-state index contributed by atoms with van der Waals surface area (Å²) in [6.45, 7) is 8.67. The molecule has 0 spiro atoms. The van der Waals surface area contributed by atoms with Gasteiger partial charge in [0.1, 0.15) is 5.54 Å². The Morgan fingerprint density at radius 3 is 2.44 bits per heavy atom. The van der Waals surface area contributed by atoms with Gasteiger partial charge in [-0.25, -0.2) is 0 Å². The number of carboxylic acids is 1. The van der Waals surface area contributed by atoms with Crippen LogP contribution in [-0.4, -0.2) is 53.4 Å². The predicted octanol–water partition coefficient (Wildman–Crippen LogP) is 1.07. The average molecular weight is 258 g/mol. The molecule has 0 saturated carbocycles. The lowest BCUT2D eigenvalue weighted by Crippen LogP contribution is -2.46. The topological polar surface area (TPSA) is 75.8 Å². The number of carbonyl (C=O) groups is 1. The standard InChI is InChI=1S/C13H26N2O3/c1-10-8-15(9-11(2)18-10)7-5-4-6-13(3,14)12(16)17/h10-11H,4-9,14H2,1-3H3,(H,16,17)/t10-,11+,13?. The molecule has 0 amide bonds. The summed E-state index contributed by atoms with van der Waals surface area (Å²) in [7, 11) is 0. The van der Waals surface area contributed by atoms with Crippen LogP contribution in [0.5, 0.6) is 0 Å². The lowest BCUT2D eigenvalue weighted by Gasteiger charge is -2.35. The van der Waals surface area contributed by atoms with Crippen LogP contribution in [-0.2, 0) is 9.53 Å². The van der Waals surface area contributed by atoms with Gasteiger partial charge in [0.25, 0.3) is 0 Å². The lowest BCUT2D eigenvalue weighted by atomic mass is 9.96. The summed E-state index contributed by atoms with van der Waals surface area (Å²) in [5.41, 5.74) is 4.60. The first-order chi connectivity index (χ1) is 8.31. The predicted molar refractivity (Wildman–Crippen MR) is 70.5 cm³/mol. The van der Waals surface area contributed by atoms with E-state index in [9.17, 15) is 4.79 Å². The molecule has 0 aromatic carbocycles. The van der Waals surface area contributed by atoms with E-state index in [2.05, 4.69) is 18.7 Å². The Balaban J connectivity index is 2.20. The van der Waals surface area contributed by atoms with Gasteiger partial charge in [0.15, 0.2) is 0 Å². The van der Waals surface area contributed by atoms with Crippen molar-refractivity contribution in [3.8, 4) is 0 Å². The van der Waals surface area contributed by atoms with Crippen molar-refractivity contribution in [3.63, 3.8) is 0 Å². The van der Waals surface area contributed by atoms with E-state index in [0.717, 1.165) is 32.5 Å². The normalized spacial score (nSPS) is 28.9. The Bertz CT molecular complexity index is 271. The monoisotopic (exact) mass is 258 g/mol. The van der Waals surface area contributed by atoms with Crippen molar-refractivity contribution in [2.24, 2.45) is 5.73 Å². The summed E-state index contributed by atoms with van der Waals surface area (Å²) < 4.78 is 5.67. The van der Waals surface area contributed by atoms with Crippen LogP contribution in [0.2, 0.25) is 0 Å². The smallest absolute Gasteiger partial charge is 0.323 e. The molecule has 1 rings (SSSR count). The number of nitrogens with zero attached hydrogens (tertiary/aromatic N) is 1. The highest BCUT2D eigenvalue weighted by atomic mass is 16.5. The highest BCUT2D eigenvalue weighted by Crippen LogP contribution is 2.14. The number of ether oxygens (including phenoxy) is 1. The largest absolute Gasteiger partial charge is 0.480 e. The van der Waals surface area contributed by atoms with E-state index >= 15 is 0 Å². The van der Waals surface area contributed by atoms with E-state index in [1.54, 1.807) is 6.92 Å². The highest BCUT2D eigenvalue weighted by molar-refractivity contribution is 5.77. The molecule has 0 aliphatic carbocycles. The first kappa shape index (κ1) is 15.4. The Morgan fingerprint density at radius 1 is 1.39 bits per heavy atom. The molecule has 0 bridgehead atoms. The minimum Gasteiger partial charge on any atom is -0.480 e. The first-order valence-corrected chi connectivity index (χ1v) is 6.71. The maximum Gasteiger partial charge on any atom is 0.323 e. The molecule has 1 aliphatic rings. The maximum atomic E-state index is 10.9. The van der Waals surface area contributed by atoms with Crippen molar-refractivity contribution in [3.05, 3.63) is 0 Å². The van der Waals surface area contributed by atoms with Gasteiger partial charge >= 0.3 is 5.97 Å². The van der Waals surface area contributed by atoms with Crippen molar-refractivity contribution >= 4 is 5.97 Å². The molecule has 1 fully saturated rings. The lowest BCUT2D eigenvalue weighted by molar-refractivity contribution is -0.142. The van der Waals surface area contributed by atoms with Crippen LogP contribution >= 0.6 is 0 Å². The number of hydrogen-bond donors (Lipinski definition) is 2.